The number of carbonyl (C=O) groups is 2. The highest BCUT2D eigenvalue weighted by atomic mass is 35.5. The number of urea groups is 1. The van der Waals surface area contributed by atoms with Crippen molar-refractivity contribution in [3.63, 3.8) is 0 Å². The summed E-state index contributed by atoms with van der Waals surface area (Å²) in [6.45, 7) is 0. The molecule has 0 saturated carbocycles. The van der Waals surface area contributed by atoms with Crippen molar-refractivity contribution < 1.29 is 9.59 Å². The van der Waals surface area contributed by atoms with Crippen LogP contribution in [-0.4, -0.2) is 11.9 Å². The van der Waals surface area contributed by atoms with Gasteiger partial charge in [0.2, 0.25) is 0 Å². The van der Waals surface area contributed by atoms with Crippen LogP contribution in [0.3, 0.4) is 0 Å². The van der Waals surface area contributed by atoms with Gasteiger partial charge < -0.3 is 0 Å². The maximum atomic E-state index is 10.3. The topological polar surface area (TPSA) is 60.3 Å². The first-order valence-corrected chi connectivity index (χ1v) is 2.50. The van der Waals surface area contributed by atoms with Crippen molar-refractivity contribution in [1.29, 1.82) is 0 Å². The van der Waals surface area contributed by atoms with Crippen LogP contribution in [0.5, 0.6) is 0 Å². The number of imide groups is 1. The molecule has 0 aliphatic carbocycles. The first kappa shape index (κ1) is 6.10. The lowest BCUT2D eigenvalue weighted by molar-refractivity contribution is -0.115. The van der Waals surface area contributed by atoms with Crippen LogP contribution in [0.1, 0.15) is 0 Å². The Bertz CT molecular complexity index is 199. The van der Waals surface area contributed by atoms with Crippen molar-refractivity contribution in [1.82, 2.24) is 10.6 Å². The minimum atomic E-state index is -0.715. The van der Waals surface area contributed by atoms with E-state index in [-0.39, 0.29) is 5.16 Å². The van der Waals surface area contributed by atoms with Gasteiger partial charge in [-0.3, -0.25) is 10.1 Å². The molecule has 1 heterocycles. The Morgan fingerprint density at radius 3 is 2.67 bits per heavy atom. The summed E-state index contributed by atoms with van der Waals surface area (Å²) in [4.78, 5) is 20.6. The maximum absolute atomic E-state index is 10.3. The second-order valence-corrected chi connectivity index (χ2v) is 1.76. The zero-order chi connectivity index (χ0) is 6.85. The summed E-state index contributed by atoms with van der Waals surface area (Å²) in [5.41, 5.74) is 0. The van der Waals surface area contributed by atoms with Crippen molar-refractivity contribution in [2.45, 2.75) is 0 Å². The van der Waals surface area contributed by atoms with Gasteiger partial charge in [-0.1, -0.05) is 11.6 Å². The molecule has 1 radical (unpaired) electrons. The van der Waals surface area contributed by atoms with Crippen molar-refractivity contribution in [3.8, 4) is 0 Å². The molecule has 0 bridgehead atoms. The number of halogens is 1. The predicted molar refractivity (Wildman–Crippen MR) is 29.6 cm³/mol. The number of hydrogen-bond donors (Lipinski definition) is 1. The lowest BCUT2D eigenvalue weighted by Crippen LogP contribution is -2.37. The van der Waals surface area contributed by atoms with E-state index in [2.05, 4.69) is 5.32 Å². The second kappa shape index (κ2) is 2.06. The molecule has 4 nitrogen and oxygen atoms in total. The summed E-state index contributed by atoms with van der Waals surface area (Å²) >= 11 is 5.22. The standard InChI is InChI=1S/C4H2ClN2O2/c5-2-1-3(8)7-4(9)6-2/h1H,(H,7,8,9). The van der Waals surface area contributed by atoms with Gasteiger partial charge in [0.05, 0.1) is 0 Å². The molecular weight excluding hydrogens is 144 g/mol. The van der Waals surface area contributed by atoms with Crippen LogP contribution in [0.2, 0.25) is 0 Å². The van der Waals surface area contributed by atoms with Gasteiger partial charge >= 0.3 is 6.03 Å². The highest BCUT2D eigenvalue weighted by Crippen LogP contribution is 2.00. The van der Waals surface area contributed by atoms with E-state index in [0.29, 0.717) is 0 Å². The van der Waals surface area contributed by atoms with Gasteiger partial charge in [0, 0.05) is 6.08 Å². The van der Waals surface area contributed by atoms with E-state index >= 15 is 0 Å². The third-order valence-corrected chi connectivity index (χ3v) is 0.882. The lowest BCUT2D eigenvalue weighted by Gasteiger charge is -2.04. The van der Waals surface area contributed by atoms with Gasteiger partial charge in [-0.2, -0.15) is 5.32 Å². The van der Waals surface area contributed by atoms with Gasteiger partial charge in [-0.05, 0) is 0 Å². The molecule has 0 aromatic heterocycles. The molecule has 1 aliphatic rings. The molecule has 0 saturated heterocycles. The molecule has 1 aliphatic heterocycles. The quantitative estimate of drug-likeness (QED) is 0.485. The SMILES string of the molecule is O=C1C=C(Cl)[N]C(=O)N1. The van der Waals surface area contributed by atoms with Crippen LogP contribution in [0.4, 0.5) is 4.79 Å². The Morgan fingerprint density at radius 2 is 2.22 bits per heavy atom. The van der Waals surface area contributed by atoms with Crippen molar-refractivity contribution >= 4 is 23.5 Å². The predicted octanol–water partition coefficient (Wildman–Crippen LogP) is -0.0792. The van der Waals surface area contributed by atoms with Gasteiger partial charge in [-0.25, -0.2) is 4.79 Å². The van der Waals surface area contributed by atoms with Crippen LogP contribution < -0.4 is 10.6 Å². The maximum Gasteiger partial charge on any atom is 0.349 e. The average Bonchev–Trinajstić information content (AvgIpc) is 1.59. The Hall–Kier alpha value is -1.03. The van der Waals surface area contributed by atoms with E-state index in [1.165, 1.54) is 0 Å². The van der Waals surface area contributed by atoms with Gasteiger partial charge in [0.1, 0.15) is 5.16 Å². The summed E-state index contributed by atoms with van der Waals surface area (Å²) in [7, 11) is 0. The van der Waals surface area contributed by atoms with E-state index in [9.17, 15) is 9.59 Å². The molecular formula is C4H2ClN2O2. The minimum absolute atomic E-state index is 0.0799. The average molecular weight is 146 g/mol. The van der Waals surface area contributed by atoms with E-state index in [1.54, 1.807) is 0 Å². The zero-order valence-electron chi connectivity index (χ0n) is 4.22. The normalized spacial score (nSPS) is 18.1. The van der Waals surface area contributed by atoms with E-state index < -0.39 is 11.9 Å². The Labute approximate surface area is 55.9 Å². The van der Waals surface area contributed by atoms with Crippen molar-refractivity contribution in [2.75, 3.05) is 0 Å². The number of nitrogens with one attached hydrogen (secondary N) is 1. The number of amides is 3. The summed E-state index contributed by atoms with van der Waals surface area (Å²) < 4.78 is 0. The van der Waals surface area contributed by atoms with Crippen LogP contribution in [0, 0.1) is 0 Å². The fraction of sp³-hybridized carbons (Fsp3) is 0. The molecule has 0 unspecified atom stereocenters. The van der Waals surface area contributed by atoms with Gasteiger partial charge in [0.15, 0.2) is 0 Å². The first-order chi connectivity index (χ1) is 4.18. The molecule has 1 rings (SSSR count). The second-order valence-electron chi connectivity index (χ2n) is 1.37. The monoisotopic (exact) mass is 145 g/mol. The van der Waals surface area contributed by atoms with E-state index in [0.717, 1.165) is 6.08 Å². The minimum Gasteiger partial charge on any atom is -0.272 e. The van der Waals surface area contributed by atoms with Crippen LogP contribution >= 0.6 is 11.6 Å². The van der Waals surface area contributed by atoms with E-state index in [1.807, 2.05) is 5.32 Å². The highest BCUT2D eigenvalue weighted by Gasteiger charge is 2.14. The fourth-order valence-electron chi connectivity index (χ4n) is 0.407. The number of rotatable bonds is 0. The molecule has 0 atom stereocenters. The van der Waals surface area contributed by atoms with Crippen LogP contribution in [0.25, 0.3) is 0 Å². The fourth-order valence-corrected chi connectivity index (χ4v) is 0.583. The molecule has 9 heavy (non-hydrogen) atoms. The molecule has 0 fully saturated rings. The third kappa shape index (κ3) is 1.43. The lowest BCUT2D eigenvalue weighted by atomic mass is 10.5. The number of carbonyl (C=O) groups excluding carboxylic acids is 2. The zero-order valence-corrected chi connectivity index (χ0v) is 4.97. The van der Waals surface area contributed by atoms with E-state index in [4.69, 9.17) is 11.6 Å². The molecule has 1 N–H and O–H groups in total. The Morgan fingerprint density at radius 1 is 1.56 bits per heavy atom. The third-order valence-electron chi connectivity index (χ3n) is 0.689. The molecule has 0 aromatic carbocycles. The number of nitrogens with zero attached hydrogens (tertiary/aromatic N) is 1. The summed E-state index contributed by atoms with van der Waals surface area (Å²) in [6, 6.07) is -0.715. The molecule has 3 amide bonds. The largest absolute Gasteiger partial charge is 0.349 e. The molecule has 47 valence electrons. The molecule has 5 heteroatoms. The molecule has 0 aromatic rings. The molecule has 0 spiro atoms. The van der Waals surface area contributed by atoms with Crippen LogP contribution in [-0.2, 0) is 4.79 Å². The van der Waals surface area contributed by atoms with Gasteiger partial charge in [0.25, 0.3) is 5.91 Å². The summed E-state index contributed by atoms with van der Waals surface area (Å²) in [6.07, 6.45) is 1.03. The number of hydrogen-bond acceptors (Lipinski definition) is 2. The smallest absolute Gasteiger partial charge is 0.272 e. The van der Waals surface area contributed by atoms with Gasteiger partial charge in [-0.15, -0.1) is 0 Å². The summed E-state index contributed by atoms with van der Waals surface area (Å²) in [5.74, 6) is -0.528. The summed E-state index contributed by atoms with van der Waals surface area (Å²) in [5, 5.41) is 5.01. The highest BCUT2D eigenvalue weighted by molar-refractivity contribution is 6.33. The van der Waals surface area contributed by atoms with Crippen molar-refractivity contribution in [2.24, 2.45) is 0 Å². The van der Waals surface area contributed by atoms with Crippen molar-refractivity contribution in [3.05, 3.63) is 11.2 Å². The Kier molecular flexibility index (Phi) is 1.40. The Balaban J connectivity index is 2.79. The first-order valence-electron chi connectivity index (χ1n) is 2.12. The van der Waals surface area contributed by atoms with Crippen LogP contribution in [0.15, 0.2) is 11.2 Å².